The fourth-order valence-corrected chi connectivity index (χ4v) is 2.00. The number of nitrogens with zero attached hydrogens (tertiary/aromatic N) is 2. The van der Waals surface area contributed by atoms with Gasteiger partial charge >= 0.3 is 18.3 Å². The second-order valence-corrected chi connectivity index (χ2v) is 8.33. The molecule has 0 unspecified atom stereocenters. The lowest BCUT2D eigenvalue weighted by atomic mass is 10.2. The third kappa shape index (κ3) is 13.8. The fourth-order valence-electron chi connectivity index (χ4n) is 2.00. The van der Waals surface area contributed by atoms with E-state index in [-0.39, 0.29) is 39.5 Å². The van der Waals surface area contributed by atoms with E-state index in [0.29, 0.717) is 13.1 Å². The first-order valence-corrected chi connectivity index (χ1v) is 9.76. The van der Waals surface area contributed by atoms with E-state index in [1.165, 1.54) is 9.80 Å². The molecule has 30 heavy (non-hydrogen) atoms. The minimum atomic E-state index is -0.691. The zero-order valence-corrected chi connectivity index (χ0v) is 18.8. The van der Waals surface area contributed by atoms with Gasteiger partial charge in [-0.05, 0) is 41.5 Å². The Morgan fingerprint density at radius 1 is 0.933 bits per heavy atom. The van der Waals surface area contributed by atoms with E-state index >= 15 is 0 Å². The molecule has 0 spiro atoms. The molecular weight excluding hydrogens is 400 g/mol. The summed E-state index contributed by atoms with van der Waals surface area (Å²) in [4.78, 5) is 36.6. The van der Waals surface area contributed by atoms with Crippen LogP contribution in [0.3, 0.4) is 0 Å². The number of amides is 2. The van der Waals surface area contributed by atoms with Gasteiger partial charge < -0.3 is 39.0 Å². The number of cyclic esters (lactones) is 2. The largest absolute Gasteiger partial charge is 0.508 e. The van der Waals surface area contributed by atoms with Crippen molar-refractivity contribution in [1.29, 1.82) is 0 Å². The maximum absolute atomic E-state index is 11.7. The zero-order valence-electron chi connectivity index (χ0n) is 18.8. The lowest BCUT2D eigenvalue weighted by molar-refractivity contribution is -0.00435. The molecule has 1 aliphatic heterocycles. The number of hydrogen-bond donors (Lipinski definition) is 2. The summed E-state index contributed by atoms with van der Waals surface area (Å²) in [6.45, 7) is 11.7. The van der Waals surface area contributed by atoms with E-state index in [0.717, 1.165) is 0 Å². The van der Waals surface area contributed by atoms with E-state index in [4.69, 9.17) is 19.7 Å². The number of aliphatic hydroxyl groups excluding tert-OH is 2. The standard InChI is InChI=1S/C10H17NO5.C9H19NO4/c1-10(2,3)16-8(12)11-4-6-14-9(13)15-7-5-11;1-9(2,3)14-8(13)10(4-6-11)5-7-12/h4-7H2,1-3H3;11-12H,4-7H2,1-3H3. The molecule has 1 rings (SSSR count). The average Bonchev–Trinajstić information content (AvgIpc) is 2.55. The van der Waals surface area contributed by atoms with E-state index in [1.54, 1.807) is 41.5 Å². The number of aliphatic hydroxyl groups is 2. The Kier molecular flexibility index (Phi) is 12.1. The van der Waals surface area contributed by atoms with Crippen LogP contribution >= 0.6 is 0 Å². The average molecular weight is 437 g/mol. The summed E-state index contributed by atoms with van der Waals surface area (Å²) in [7, 11) is 0. The van der Waals surface area contributed by atoms with Crippen LogP contribution in [0.5, 0.6) is 0 Å². The molecule has 2 amide bonds. The number of hydrogen-bond acceptors (Lipinski definition) is 9. The molecule has 11 heteroatoms. The molecule has 1 fully saturated rings. The minimum Gasteiger partial charge on any atom is -0.444 e. The molecule has 2 N–H and O–H groups in total. The summed E-state index contributed by atoms with van der Waals surface area (Å²) in [6, 6.07) is 0. The summed E-state index contributed by atoms with van der Waals surface area (Å²) in [5.74, 6) is 0. The number of carbonyl (C=O) groups excluding carboxylic acids is 3. The number of rotatable bonds is 4. The Balaban J connectivity index is 0.000000567. The van der Waals surface area contributed by atoms with Gasteiger partial charge in [0.05, 0.1) is 26.3 Å². The summed E-state index contributed by atoms with van der Waals surface area (Å²) in [5.41, 5.74) is -1.09. The van der Waals surface area contributed by atoms with Crippen molar-refractivity contribution in [3.05, 3.63) is 0 Å². The van der Waals surface area contributed by atoms with Gasteiger partial charge in [-0.25, -0.2) is 14.4 Å². The van der Waals surface area contributed by atoms with Crippen LogP contribution in [0, 0.1) is 0 Å². The molecule has 0 aromatic heterocycles. The monoisotopic (exact) mass is 436 g/mol. The van der Waals surface area contributed by atoms with Crippen LogP contribution in [0.15, 0.2) is 0 Å². The number of ether oxygens (including phenoxy) is 4. The van der Waals surface area contributed by atoms with Crippen LogP contribution in [0.2, 0.25) is 0 Å². The van der Waals surface area contributed by atoms with E-state index in [1.807, 2.05) is 0 Å². The van der Waals surface area contributed by atoms with E-state index in [9.17, 15) is 14.4 Å². The first-order valence-electron chi connectivity index (χ1n) is 9.76. The minimum absolute atomic E-state index is 0.123. The van der Waals surface area contributed by atoms with Gasteiger partial charge in [0, 0.05) is 13.1 Å². The van der Waals surface area contributed by atoms with Crippen LogP contribution in [0.1, 0.15) is 41.5 Å². The predicted molar refractivity (Wildman–Crippen MR) is 107 cm³/mol. The second-order valence-electron chi connectivity index (χ2n) is 8.33. The van der Waals surface area contributed by atoms with Crippen molar-refractivity contribution in [2.24, 2.45) is 0 Å². The molecule has 0 saturated carbocycles. The van der Waals surface area contributed by atoms with Crippen molar-refractivity contribution in [1.82, 2.24) is 9.80 Å². The van der Waals surface area contributed by atoms with Gasteiger partial charge in [0.1, 0.15) is 24.4 Å². The normalized spacial score (nSPS) is 14.8. The SMILES string of the molecule is CC(C)(C)OC(=O)N(CCO)CCO.CC(C)(C)OC(=O)N1CCOC(=O)OCC1. The quantitative estimate of drug-likeness (QED) is 0.497. The first-order chi connectivity index (χ1) is 13.8. The molecule has 0 radical (unpaired) electrons. The van der Waals surface area contributed by atoms with Crippen molar-refractivity contribution in [2.45, 2.75) is 52.7 Å². The molecule has 1 heterocycles. The lowest BCUT2D eigenvalue weighted by Gasteiger charge is -2.28. The van der Waals surface area contributed by atoms with Crippen LogP contribution in [-0.4, -0.2) is 102 Å². The highest BCUT2D eigenvalue weighted by atomic mass is 16.7. The molecule has 0 aromatic rings. The summed E-state index contributed by atoms with van der Waals surface area (Å²) in [6.07, 6.45) is -1.63. The highest BCUT2D eigenvalue weighted by molar-refractivity contribution is 5.68. The van der Waals surface area contributed by atoms with Crippen molar-refractivity contribution >= 4 is 18.3 Å². The fraction of sp³-hybridized carbons (Fsp3) is 0.842. The Hall–Kier alpha value is -2.27. The maximum Gasteiger partial charge on any atom is 0.508 e. The van der Waals surface area contributed by atoms with Crippen molar-refractivity contribution in [3.63, 3.8) is 0 Å². The van der Waals surface area contributed by atoms with Crippen LogP contribution in [-0.2, 0) is 18.9 Å². The molecule has 0 aliphatic carbocycles. The smallest absolute Gasteiger partial charge is 0.444 e. The van der Waals surface area contributed by atoms with Crippen molar-refractivity contribution < 1.29 is 43.5 Å². The van der Waals surface area contributed by atoms with Gasteiger partial charge in [0.15, 0.2) is 0 Å². The highest BCUT2D eigenvalue weighted by Gasteiger charge is 2.24. The zero-order chi connectivity index (χ0) is 23.4. The van der Waals surface area contributed by atoms with E-state index < -0.39 is 29.5 Å². The molecule has 0 bridgehead atoms. The highest BCUT2D eigenvalue weighted by Crippen LogP contribution is 2.11. The van der Waals surface area contributed by atoms with Gasteiger partial charge in [-0.1, -0.05) is 0 Å². The molecule has 11 nitrogen and oxygen atoms in total. The molecule has 1 aliphatic rings. The Bertz CT molecular complexity index is 523. The predicted octanol–water partition coefficient (Wildman–Crippen LogP) is 1.60. The molecular formula is C19H36N2O9. The molecule has 176 valence electrons. The summed E-state index contributed by atoms with van der Waals surface area (Å²) < 4.78 is 19.6. The van der Waals surface area contributed by atoms with Gasteiger partial charge in [-0.3, -0.25) is 0 Å². The second kappa shape index (κ2) is 13.1. The van der Waals surface area contributed by atoms with Crippen LogP contribution < -0.4 is 0 Å². The molecule has 1 saturated heterocycles. The van der Waals surface area contributed by atoms with Crippen LogP contribution in [0.4, 0.5) is 14.4 Å². The van der Waals surface area contributed by atoms with Gasteiger partial charge in [0.25, 0.3) is 0 Å². The van der Waals surface area contributed by atoms with E-state index in [2.05, 4.69) is 9.47 Å². The summed E-state index contributed by atoms with van der Waals surface area (Å²) >= 11 is 0. The molecule has 0 aromatic carbocycles. The third-order valence-electron chi connectivity index (χ3n) is 3.21. The lowest BCUT2D eigenvalue weighted by Crippen LogP contribution is -2.42. The van der Waals surface area contributed by atoms with Gasteiger partial charge in [-0.15, -0.1) is 0 Å². The molecule has 0 atom stereocenters. The first kappa shape index (κ1) is 27.7. The Labute approximate surface area is 177 Å². The van der Waals surface area contributed by atoms with Crippen LogP contribution in [0.25, 0.3) is 0 Å². The Morgan fingerprint density at radius 3 is 1.73 bits per heavy atom. The van der Waals surface area contributed by atoms with Crippen molar-refractivity contribution in [3.8, 4) is 0 Å². The maximum atomic E-state index is 11.7. The third-order valence-corrected chi connectivity index (χ3v) is 3.21. The van der Waals surface area contributed by atoms with Gasteiger partial charge in [0.2, 0.25) is 0 Å². The van der Waals surface area contributed by atoms with Gasteiger partial charge in [-0.2, -0.15) is 0 Å². The topological polar surface area (TPSA) is 135 Å². The summed E-state index contributed by atoms with van der Waals surface area (Å²) in [5, 5.41) is 17.4. The van der Waals surface area contributed by atoms with Crippen molar-refractivity contribution in [2.75, 3.05) is 52.6 Å². The number of carbonyl (C=O) groups is 3. The Morgan fingerprint density at radius 2 is 1.37 bits per heavy atom.